The predicted molar refractivity (Wildman–Crippen MR) is 332 cm³/mol. The Bertz CT molecular complexity index is 3120. The van der Waals surface area contributed by atoms with Crippen molar-refractivity contribution in [1.82, 2.24) is 21.3 Å². The van der Waals surface area contributed by atoms with Crippen LogP contribution in [0.15, 0.2) is 273 Å². The molecule has 0 bridgehead atoms. The average Bonchev–Trinajstić information content (AvgIpc) is 3.64. The molecule has 408 valence electrons. The summed E-state index contributed by atoms with van der Waals surface area (Å²) in [4.78, 5) is 59.1. The highest BCUT2D eigenvalue weighted by Gasteiger charge is 2.43. The molecule has 0 aliphatic heterocycles. The number of nitrogens with one attached hydrogen (secondary N) is 4. The number of benzene rings is 9. The SMILES string of the molecule is CNC(=O)C(CSC(c1ccccc1)(c1ccccc1)c1ccccc1)NC(=O)C(CSC(c1ccccc1)(c1ccccc1)c1ccccc1)NC(=O)C(CSC(c1ccccc1)(c1ccccc1)c1ccccc1)NC(=O)OC. The van der Waals surface area contributed by atoms with E-state index in [4.69, 9.17) is 4.74 Å². The normalized spacial score (nSPS) is 12.7. The number of thioether (sulfide) groups is 3. The fourth-order valence-corrected chi connectivity index (χ4v) is 15.1. The molecule has 3 atom stereocenters. The molecule has 0 spiro atoms. The Morgan fingerprint density at radius 2 is 0.506 bits per heavy atom. The number of amides is 4. The summed E-state index contributed by atoms with van der Waals surface area (Å²) in [6.07, 6.45) is -0.817. The molecule has 0 aliphatic carbocycles. The van der Waals surface area contributed by atoms with E-state index in [1.54, 1.807) is 18.8 Å². The van der Waals surface area contributed by atoms with Gasteiger partial charge >= 0.3 is 6.09 Å². The summed E-state index contributed by atoms with van der Waals surface area (Å²) in [5, 5.41) is 12.0. The maximum absolute atomic E-state index is 15.7. The van der Waals surface area contributed by atoms with E-state index in [1.807, 2.05) is 164 Å². The zero-order valence-corrected chi connectivity index (χ0v) is 47.5. The Morgan fingerprint density at radius 3 is 0.691 bits per heavy atom. The van der Waals surface area contributed by atoms with Crippen molar-refractivity contribution in [3.05, 3.63) is 323 Å². The van der Waals surface area contributed by atoms with Gasteiger partial charge in [-0.2, -0.15) is 0 Å². The number of methoxy groups -OCH3 is 1. The molecule has 9 aromatic carbocycles. The number of rotatable bonds is 24. The number of carbonyl (C=O) groups is 4. The molecule has 81 heavy (non-hydrogen) atoms. The minimum absolute atomic E-state index is 0.0198. The molecule has 9 aromatic rings. The number of hydrogen-bond acceptors (Lipinski definition) is 8. The number of ether oxygens (including phenoxy) is 1. The van der Waals surface area contributed by atoms with Crippen LogP contribution >= 0.6 is 35.3 Å². The monoisotopic (exact) mass is 1120 g/mol. The largest absolute Gasteiger partial charge is 0.453 e. The zero-order valence-electron chi connectivity index (χ0n) is 45.1. The second-order valence-electron chi connectivity index (χ2n) is 19.2. The van der Waals surface area contributed by atoms with Gasteiger partial charge in [-0.05, 0) is 50.1 Å². The highest BCUT2D eigenvalue weighted by Crippen LogP contribution is 2.51. The molecule has 0 radical (unpaired) electrons. The highest BCUT2D eigenvalue weighted by atomic mass is 32.2. The van der Waals surface area contributed by atoms with Gasteiger partial charge in [0.15, 0.2) is 0 Å². The fraction of sp³-hybridized carbons (Fsp3) is 0.159. The van der Waals surface area contributed by atoms with Crippen LogP contribution in [0.2, 0.25) is 0 Å². The van der Waals surface area contributed by atoms with Crippen molar-refractivity contribution < 1.29 is 23.9 Å². The van der Waals surface area contributed by atoms with Crippen LogP contribution in [0.1, 0.15) is 50.1 Å². The van der Waals surface area contributed by atoms with Gasteiger partial charge in [0.1, 0.15) is 18.1 Å². The van der Waals surface area contributed by atoms with Gasteiger partial charge in [0.25, 0.3) is 0 Å². The van der Waals surface area contributed by atoms with Crippen molar-refractivity contribution >= 4 is 59.1 Å². The fourth-order valence-electron chi connectivity index (χ4n) is 10.4. The average molecular weight is 1130 g/mol. The third-order valence-corrected chi connectivity index (χ3v) is 19.2. The minimum atomic E-state index is -1.27. The van der Waals surface area contributed by atoms with Crippen LogP contribution in [0.4, 0.5) is 4.79 Å². The van der Waals surface area contributed by atoms with Crippen molar-refractivity contribution in [2.75, 3.05) is 31.4 Å². The summed E-state index contributed by atoms with van der Waals surface area (Å²) < 4.78 is 2.60. The van der Waals surface area contributed by atoms with Gasteiger partial charge in [-0.15, -0.1) is 35.3 Å². The van der Waals surface area contributed by atoms with Gasteiger partial charge in [0, 0.05) is 24.3 Å². The lowest BCUT2D eigenvalue weighted by Crippen LogP contribution is -2.58. The van der Waals surface area contributed by atoms with Gasteiger partial charge in [-0.1, -0.05) is 273 Å². The first-order chi connectivity index (χ1) is 39.7. The molecule has 0 saturated heterocycles. The maximum Gasteiger partial charge on any atom is 0.407 e. The minimum Gasteiger partial charge on any atom is -0.453 e. The number of likely N-dealkylation sites (N-methyl/N-ethyl adjacent to an activating group) is 1. The molecule has 9 rings (SSSR count). The Hall–Kier alpha value is -8.29. The number of alkyl carbamates (subject to hydrolysis) is 1. The molecule has 0 aliphatic rings. The van der Waals surface area contributed by atoms with Crippen molar-refractivity contribution in [1.29, 1.82) is 0 Å². The van der Waals surface area contributed by atoms with Gasteiger partial charge in [-0.25, -0.2) is 4.79 Å². The third kappa shape index (κ3) is 13.0. The molecule has 9 nitrogen and oxygen atoms in total. The number of hydrogen-bond donors (Lipinski definition) is 4. The van der Waals surface area contributed by atoms with E-state index >= 15 is 9.59 Å². The van der Waals surface area contributed by atoms with Crippen LogP contribution in [0.25, 0.3) is 0 Å². The van der Waals surface area contributed by atoms with Crippen molar-refractivity contribution in [3.63, 3.8) is 0 Å². The van der Waals surface area contributed by atoms with Crippen molar-refractivity contribution in [2.24, 2.45) is 0 Å². The second kappa shape index (κ2) is 27.7. The summed E-state index contributed by atoms with van der Waals surface area (Å²) >= 11 is 4.53. The lowest BCUT2D eigenvalue weighted by Gasteiger charge is -2.38. The van der Waals surface area contributed by atoms with Crippen LogP contribution < -0.4 is 21.3 Å². The van der Waals surface area contributed by atoms with Crippen LogP contribution in [0.3, 0.4) is 0 Å². The van der Waals surface area contributed by atoms with Crippen LogP contribution in [0.5, 0.6) is 0 Å². The van der Waals surface area contributed by atoms with E-state index in [0.717, 1.165) is 50.1 Å². The summed E-state index contributed by atoms with van der Waals surface area (Å²) in [6.45, 7) is 0. The third-order valence-electron chi connectivity index (χ3n) is 14.3. The lowest BCUT2D eigenvalue weighted by atomic mass is 9.84. The first-order valence-corrected chi connectivity index (χ1v) is 29.8. The van der Waals surface area contributed by atoms with Gasteiger partial charge in [0.05, 0.1) is 21.4 Å². The van der Waals surface area contributed by atoms with E-state index < -0.39 is 56.2 Å². The molecule has 0 saturated carbocycles. The summed E-state index contributed by atoms with van der Waals surface area (Å²) in [5.74, 6) is -1.43. The van der Waals surface area contributed by atoms with Crippen LogP contribution in [-0.4, -0.2) is 73.4 Å². The first kappa shape index (κ1) is 57.4. The quantitative estimate of drug-likeness (QED) is 0.0441. The molecule has 0 fully saturated rings. The van der Waals surface area contributed by atoms with Gasteiger partial charge in [0.2, 0.25) is 17.7 Å². The summed E-state index contributed by atoms with van der Waals surface area (Å²) in [7, 11) is 2.80. The smallest absolute Gasteiger partial charge is 0.407 e. The van der Waals surface area contributed by atoms with Crippen molar-refractivity contribution in [3.8, 4) is 0 Å². The molecule has 12 heteroatoms. The zero-order chi connectivity index (χ0) is 56.3. The molecule has 4 N–H and O–H groups in total. The Labute approximate surface area is 488 Å². The maximum atomic E-state index is 15.7. The molecule has 0 heterocycles. The standard InChI is InChI=1S/C69H64N4O5S3/c1-70-63(74)60(48-79-67(51-30-12-3-13-31-51,52-32-14-4-15-33-52)53-34-16-5-17-35-53)71-64(75)61(49-80-68(54-36-18-6-19-37-54,55-38-20-7-21-39-55)56-40-22-8-23-41-56)72-65(76)62(73-66(77)78-2)50-81-69(57-42-24-9-25-43-57,58-44-26-10-27-45-58)59-46-28-11-29-47-59/h3-47,60-62H,48-50H2,1-2H3,(H,70,74)(H,71,75)(H,72,76)(H,73,77). The van der Waals surface area contributed by atoms with E-state index in [-0.39, 0.29) is 17.3 Å². The van der Waals surface area contributed by atoms with Crippen molar-refractivity contribution in [2.45, 2.75) is 32.4 Å². The summed E-state index contributed by atoms with van der Waals surface area (Å²) in [6, 6.07) is 87.5. The van der Waals surface area contributed by atoms with Crippen LogP contribution in [0, 0.1) is 0 Å². The first-order valence-electron chi connectivity index (χ1n) is 26.8. The van der Waals surface area contributed by atoms with Gasteiger partial charge < -0.3 is 26.0 Å². The second-order valence-corrected chi connectivity index (χ2v) is 22.9. The Kier molecular flexibility index (Phi) is 19.6. The Morgan fingerprint density at radius 1 is 0.321 bits per heavy atom. The topological polar surface area (TPSA) is 126 Å². The van der Waals surface area contributed by atoms with E-state index in [9.17, 15) is 9.59 Å². The highest BCUT2D eigenvalue weighted by molar-refractivity contribution is 8.01. The van der Waals surface area contributed by atoms with E-state index in [0.29, 0.717) is 0 Å². The predicted octanol–water partition coefficient (Wildman–Crippen LogP) is 12.6. The molecular weight excluding hydrogens is 1060 g/mol. The molecule has 3 unspecified atom stereocenters. The molecule has 0 aromatic heterocycles. The molecular formula is C69H64N4O5S3. The van der Waals surface area contributed by atoms with Crippen LogP contribution in [-0.2, 0) is 33.4 Å². The van der Waals surface area contributed by atoms with Gasteiger partial charge in [-0.3, -0.25) is 14.4 Å². The summed E-state index contributed by atoms with van der Waals surface area (Å²) in [5.41, 5.74) is 8.74. The molecule has 4 amide bonds. The van der Waals surface area contributed by atoms with E-state index in [1.165, 1.54) is 30.6 Å². The number of carbonyl (C=O) groups excluding carboxylic acids is 4. The lowest BCUT2D eigenvalue weighted by molar-refractivity contribution is -0.131. The Balaban J connectivity index is 1.12. The van der Waals surface area contributed by atoms with E-state index in [2.05, 4.69) is 130 Å².